The maximum absolute atomic E-state index is 13.2. The molecule has 1 fully saturated rings. The molecule has 1 amide bonds. The largest absolute Gasteiger partial charge is 0.416 e. The average molecular weight is 474 g/mol. The number of amides is 1. The highest BCUT2D eigenvalue weighted by Gasteiger charge is 2.38. The Morgan fingerprint density at radius 3 is 2.18 bits per heavy atom. The van der Waals surface area contributed by atoms with E-state index in [-0.39, 0.29) is 17.7 Å². The molecule has 0 saturated carbocycles. The minimum Gasteiger partial charge on any atom is -0.372 e. The predicted octanol–water partition coefficient (Wildman–Crippen LogP) is 5.49. The van der Waals surface area contributed by atoms with E-state index in [1.54, 1.807) is 7.05 Å². The Balaban J connectivity index is 1.87. The number of piperidine rings is 1. The monoisotopic (exact) mass is 474 g/mol. The Kier molecular flexibility index (Phi) is 7.69. The third-order valence-corrected chi connectivity index (χ3v) is 5.52. The van der Waals surface area contributed by atoms with Gasteiger partial charge in [0.25, 0.3) is 0 Å². The molecule has 0 bridgehead atoms. The molecule has 1 aliphatic heterocycles. The zero-order valence-electron chi connectivity index (χ0n) is 17.9. The third kappa shape index (κ3) is 6.48. The molecule has 2 atom stereocenters. The first-order chi connectivity index (χ1) is 15.5. The number of benzene rings is 2. The fraction of sp³-hybridized carbons (Fsp3) is 0.435. The quantitative estimate of drug-likeness (QED) is 0.393. The Morgan fingerprint density at radius 2 is 1.64 bits per heavy atom. The van der Waals surface area contributed by atoms with Gasteiger partial charge < -0.3 is 9.64 Å². The minimum absolute atomic E-state index is 0.105. The van der Waals surface area contributed by atoms with Crippen LogP contribution in [0, 0.1) is 0 Å². The van der Waals surface area contributed by atoms with Crippen molar-refractivity contribution in [3.8, 4) is 0 Å². The molecule has 180 valence electrons. The Bertz CT molecular complexity index is 901. The normalized spacial score (nSPS) is 20.0. The summed E-state index contributed by atoms with van der Waals surface area (Å²) in [4.78, 5) is 14.6. The van der Waals surface area contributed by atoms with Gasteiger partial charge in [-0.15, -0.1) is 0 Å². The lowest BCUT2D eigenvalue weighted by molar-refractivity contribution is -0.143. The number of carbonyl (C=O) groups is 1. The fourth-order valence-electron chi connectivity index (χ4n) is 4.06. The second-order valence-electron chi connectivity index (χ2n) is 8.08. The maximum atomic E-state index is 13.2. The highest BCUT2D eigenvalue weighted by molar-refractivity contribution is 5.46. The van der Waals surface area contributed by atoms with Crippen molar-refractivity contribution < 1.29 is 35.9 Å². The summed E-state index contributed by atoms with van der Waals surface area (Å²) in [6.45, 7) is 0.572. The summed E-state index contributed by atoms with van der Waals surface area (Å²) in [7, 11) is 1.63. The van der Waals surface area contributed by atoms with E-state index in [2.05, 4.69) is 0 Å². The molecular formula is C23H24F6N2O2. The van der Waals surface area contributed by atoms with E-state index in [1.165, 1.54) is 4.90 Å². The van der Waals surface area contributed by atoms with E-state index in [0.717, 1.165) is 5.56 Å². The first kappa shape index (κ1) is 25.0. The average Bonchev–Trinajstić information content (AvgIpc) is 2.77. The van der Waals surface area contributed by atoms with Gasteiger partial charge in [-0.1, -0.05) is 30.3 Å². The van der Waals surface area contributed by atoms with Crippen LogP contribution in [0.4, 0.5) is 26.3 Å². The number of hydrogen-bond acceptors (Lipinski definition) is 3. The highest BCUT2D eigenvalue weighted by Crippen LogP contribution is 2.38. The van der Waals surface area contributed by atoms with Gasteiger partial charge >= 0.3 is 12.4 Å². The van der Waals surface area contributed by atoms with Crippen LogP contribution in [0.25, 0.3) is 0 Å². The van der Waals surface area contributed by atoms with Crippen molar-refractivity contribution in [1.29, 1.82) is 0 Å². The molecule has 2 aromatic carbocycles. The van der Waals surface area contributed by atoms with Crippen molar-refractivity contribution in [2.75, 3.05) is 20.3 Å². The Labute approximate surface area is 187 Å². The minimum atomic E-state index is -4.91. The van der Waals surface area contributed by atoms with Gasteiger partial charge in [-0.25, -0.2) is 0 Å². The number of likely N-dealkylation sites (tertiary alicyclic amines) is 1. The molecule has 0 radical (unpaired) electrons. The van der Waals surface area contributed by atoms with E-state index >= 15 is 0 Å². The lowest BCUT2D eigenvalue weighted by atomic mass is 9.92. The molecular weight excluding hydrogens is 450 g/mol. The zero-order valence-corrected chi connectivity index (χ0v) is 17.9. The summed E-state index contributed by atoms with van der Waals surface area (Å²) in [6.07, 6.45) is -8.34. The number of halogens is 6. The van der Waals surface area contributed by atoms with Crippen molar-refractivity contribution in [3.05, 3.63) is 70.8 Å². The van der Waals surface area contributed by atoms with Crippen molar-refractivity contribution in [3.63, 3.8) is 0 Å². The molecule has 1 aliphatic rings. The van der Waals surface area contributed by atoms with Crippen LogP contribution in [-0.4, -0.2) is 42.6 Å². The lowest BCUT2D eigenvalue weighted by Crippen LogP contribution is -2.47. The van der Waals surface area contributed by atoms with Crippen LogP contribution in [0.5, 0.6) is 0 Å². The molecule has 33 heavy (non-hydrogen) atoms. The van der Waals surface area contributed by atoms with Gasteiger partial charge in [0.15, 0.2) is 0 Å². The zero-order chi connectivity index (χ0) is 24.2. The first-order valence-corrected chi connectivity index (χ1v) is 10.3. The summed E-state index contributed by atoms with van der Waals surface area (Å²) in [6, 6.07) is 10.4. The topological polar surface area (TPSA) is 32.8 Å². The van der Waals surface area contributed by atoms with E-state index in [1.807, 2.05) is 35.2 Å². The maximum Gasteiger partial charge on any atom is 0.416 e. The van der Waals surface area contributed by atoms with Crippen LogP contribution in [-0.2, 0) is 28.5 Å². The summed E-state index contributed by atoms with van der Waals surface area (Å²) in [5.74, 6) is 0. The predicted molar refractivity (Wildman–Crippen MR) is 109 cm³/mol. The molecule has 0 aliphatic carbocycles. The van der Waals surface area contributed by atoms with Crippen LogP contribution in [0.3, 0.4) is 0 Å². The number of alkyl halides is 6. The first-order valence-electron chi connectivity index (χ1n) is 10.3. The number of ether oxygens (including phenoxy) is 1. The van der Waals surface area contributed by atoms with Gasteiger partial charge in [-0.2, -0.15) is 26.3 Å². The molecule has 3 rings (SSSR count). The third-order valence-electron chi connectivity index (χ3n) is 5.52. The van der Waals surface area contributed by atoms with Crippen LogP contribution in [0.15, 0.2) is 48.5 Å². The summed E-state index contributed by atoms with van der Waals surface area (Å²) >= 11 is 0. The van der Waals surface area contributed by atoms with Gasteiger partial charge in [0.05, 0.1) is 36.5 Å². The fourth-order valence-corrected chi connectivity index (χ4v) is 4.06. The summed E-state index contributed by atoms with van der Waals surface area (Å²) in [5.41, 5.74) is -2.05. The van der Waals surface area contributed by atoms with Gasteiger partial charge in [0, 0.05) is 13.6 Å². The van der Waals surface area contributed by atoms with Crippen molar-refractivity contribution in [1.82, 2.24) is 9.80 Å². The summed E-state index contributed by atoms with van der Waals surface area (Å²) < 4.78 is 85.0. The van der Waals surface area contributed by atoms with Crippen molar-refractivity contribution in [2.24, 2.45) is 0 Å². The molecule has 10 heteroatoms. The van der Waals surface area contributed by atoms with Crippen LogP contribution in [0.1, 0.15) is 41.1 Å². The molecule has 0 spiro atoms. The number of hydrogen-bond donors (Lipinski definition) is 0. The second-order valence-corrected chi connectivity index (χ2v) is 8.08. The SMILES string of the molecule is CN(C=O)CN1CCC[C@@H](OCc2cc(C(F)(F)F)cc(C(F)(F)F)c2)[C@H]1c1ccccc1. The van der Waals surface area contributed by atoms with Crippen LogP contribution in [0.2, 0.25) is 0 Å². The van der Waals surface area contributed by atoms with E-state index in [9.17, 15) is 31.1 Å². The molecule has 0 unspecified atom stereocenters. The smallest absolute Gasteiger partial charge is 0.372 e. The van der Waals surface area contributed by atoms with Gasteiger partial charge in [0.1, 0.15) is 0 Å². The molecule has 2 aromatic rings. The molecule has 0 aromatic heterocycles. The van der Waals surface area contributed by atoms with Gasteiger partial charge in [-0.3, -0.25) is 9.69 Å². The number of nitrogens with zero attached hydrogens (tertiary/aromatic N) is 2. The van der Waals surface area contributed by atoms with Gasteiger partial charge in [0.2, 0.25) is 6.41 Å². The van der Waals surface area contributed by atoms with E-state index < -0.39 is 36.2 Å². The molecule has 1 heterocycles. The lowest BCUT2D eigenvalue weighted by Gasteiger charge is -2.42. The summed E-state index contributed by atoms with van der Waals surface area (Å²) in [5, 5.41) is 0. The number of rotatable bonds is 7. The number of carbonyl (C=O) groups excluding carboxylic acids is 1. The Hall–Kier alpha value is -2.59. The Morgan fingerprint density at radius 1 is 1.03 bits per heavy atom. The van der Waals surface area contributed by atoms with Crippen molar-refractivity contribution in [2.45, 2.75) is 43.9 Å². The molecule has 1 saturated heterocycles. The molecule has 0 N–H and O–H groups in total. The van der Waals surface area contributed by atoms with Crippen LogP contribution >= 0.6 is 0 Å². The highest BCUT2D eigenvalue weighted by atomic mass is 19.4. The van der Waals surface area contributed by atoms with Crippen molar-refractivity contribution >= 4 is 6.41 Å². The standard InChI is InChI=1S/C23H24F6N2O2/c1-30(15-32)14-31-9-5-8-20(21(31)17-6-3-2-4-7-17)33-13-16-10-18(22(24,25)26)12-19(11-16)23(27,28)29/h2-4,6-7,10-12,15,20-21H,5,8-9,13-14H2,1H3/t20-,21-/m1/s1. The van der Waals surface area contributed by atoms with Crippen LogP contribution < -0.4 is 0 Å². The second kappa shape index (κ2) is 10.1. The van der Waals surface area contributed by atoms with E-state index in [0.29, 0.717) is 44.6 Å². The van der Waals surface area contributed by atoms with Gasteiger partial charge in [-0.05, 0) is 42.2 Å². The molecule has 4 nitrogen and oxygen atoms in total. The van der Waals surface area contributed by atoms with E-state index in [4.69, 9.17) is 4.74 Å².